The molecule has 0 fully saturated rings. The fourth-order valence-electron chi connectivity index (χ4n) is 1.27. The van der Waals surface area contributed by atoms with E-state index < -0.39 is 11.7 Å². The van der Waals surface area contributed by atoms with Crippen LogP contribution in [-0.2, 0) is 6.18 Å². The van der Waals surface area contributed by atoms with Crippen LogP contribution < -0.4 is 0 Å². The van der Waals surface area contributed by atoms with Crippen molar-refractivity contribution in [1.82, 2.24) is 0 Å². The largest absolute Gasteiger partial charge is 0.416 e. The summed E-state index contributed by atoms with van der Waals surface area (Å²) in [6, 6.07) is 3.66. The van der Waals surface area contributed by atoms with E-state index in [9.17, 15) is 13.2 Å². The molecule has 0 heterocycles. The van der Waals surface area contributed by atoms with Gasteiger partial charge in [-0.1, -0.05) is 25.4 Å². The molecule has 0 saturated carbocycles. The molecule has 4 heteroatoms. The van der Waals surface area contributed by atoms with Gasteiger partial charge >= 0.3 is 6.18 Å². The molecule has 1 aromatic rings. The summed E-state index contributed by atoms with van der Waals surface area (Å²) in [7, 11) is 0. The zero-order valence-electron chi connectivity index (χ0n) is 7.82. The zero-order chi connectivity index (χ0) is 10.9. The molecule has 0 spiro atoms. The van der Waals surface area contributed by atoms with Crippen molar-refractivity contribution in [3.05, 3.63) is 34.3 Å². The number of hydrogen-bond donors (Lipinski definition) is 0. The number of alkyl halides is 3. The number of benzene rings is 1. The van der Waals surface area contributed by atoms with Gasteiger partial charge in [0, 0.05) is 5.02 Å². The standard InChI is InChI=1S/C10H10ClF3/c1-6(2)8-5-7(11)3-4-9(8)10(12,13)14/h3-6H,1-2H3. The molecule has 0 aliphatic rings. The van der Waals surface area contributed by atoms with Crippen molar-refractivity contribution in [3.8, 4) is 0 Å². The van der Waals surface area contributed by atoms with E-state index in [1.807, 2.05) is 0 Å². The lowest BCUT2D eigenvalue weighted by molar-refractivity contribution is -0.138. The Bertz CT molecular complexity index is 329. The maximum atomic E-state index is 12.5. The lowest BCUT2D eigenvalue weighted by atomic mass is 9.97. The highest BCUT2D eigenvalue weighted by molar-refractivity contribution is 6.30. The van der Waals surface area contributed by atoms with Crippen LogP contribution in [0.1, 0.15) is 30.9 Å². The van der Waals surface area contributed by atoms with Crippen LogP contribution in [0.5, 0.6) is 0 Å². The second-order valence-electron chi connectivity index (χ2n) is 3.38. The van der Waals surface area contributed by atoms with E-state index in [4.69, 9.17) is 11.6 Å². The predicted octanol–water partition coefficient (Wildman–Crippen LogP) is 4.48. The summed E-state index contributed by atoms with van der Waals surface area (Å²) in [5.41, 5.74) is -0.359. The third-order valence-corrected chi connectivity index (χ3v) is 2.18. The van der Waals surface area contributed by atoms with Gasteiger partial charge in [0.05, 0.1) is 5.56 Å². The smallest absolute Gasteiger partial charge is 0.166 e. The van der Waals surface area contributed by atoms with Crippen LogP contribution in [0.15, 0.2) is 18.2 Å². The normalized spacial score (nSPS) is 12.2. The fraction of sp³-hybridized carbons (Fsp3) is 0.400. The summed E-state index contributed by atoms with van der Waals surface area (Å²) in [5.74, 6) is -0.190. The van der Waals surface area contributed by atoms with Gasteiger partial charge in [0.2, 0.25) is 0 Å². The van der Waals surface area contributed by atoms with Gasteiger partial charge in [-0.25, -0.2) is 0 Å². The van der Waals surface area contributed by atoms with Gasteiger partial charge in [0.15, 0.2) is 0 Å². The topological polar surface area (TPSA) is 0 Å². The molecule has 0 amide bonds. The van der Waals surface area contributed by atoms with Gasteiger partial charge in [-0.2, -0.15) is 13.2 Å². The van der Waals surface area contributed by atoms with Crippen molar-refractivity contribution in [2.24, 2.45) is 0 Å². The number of halogens is 4. The molecule has 0 N–H and O–H groups in total. The van der Waals surface area contributed by atoms with E-state index in [0.717, 1.165) is 6.07 Å². The lowest BCUT2D eigenvalue weighted by Crippen LogP contribution is -2.09. The van der Waals surface area contributed by atoms with Crippen LogP contribution in [-0.4, -0.2) is 0 Å². The molecular weight excluding hydrogens is 213 g/mol. The van der Waals surface area contributed by atoms with Crippen LogP contribution in [0.4, 0.5) is 13.2 Å². The van der Waals surface area contributed by atoms with E-state index >= 15 is 0 Å². The first-order valence-electron chi connectivity index (χ1n) is 4.19. The molecular formula is C10H10ClF3. The Morgan fingerprint density at radius 3 is 2.21 bits per heavy atom. The summed E-state index contributed by atoms with van der Waals surface area (Å²) in [6.45, 7) is 3.42. The molecule has 0 unspecified atom stereocenters. The maximum absolute atomic E-state index is 12.5. The third kappa shape index (κ3) is 2.41. The molecule has 78 valence electrons. The summed E-state index contributed by atoms with van der Waals surface area (Å²) >= 11 is 5.64. The molecule has 0 atom stereocenters. The molecule has 0 saturated heterocycles. The highest BCUT2D eigenvalue weighted by Gasteiger charge is 2.33. The summed E-state index contributed by atoms with van der Waals surface area (Å²) < 4.78 is 37.5. The van der Waals surface area contributed by atoms with Gasteiger partial charge in [-0.15, -0.1) is 0 Å². The first kappa shape index (κ1) is 11.4. The van der Waals surface area contributed by atoms with Gasteiger partial charge in [-0.3, -0.25) is 0 Å². The molecule has 0 aliphatic carbocycles. The Balaban J connectivity index is 3.29. The summed E-state index contributed by atoms with van der Waals surface area (Å²) in [4.78, 5) is 0. The van der Waals surface area contributed by atoms with Crippen LogP contribution in [0.3, 0.4) is 0 Å². The van der Waals surface area contributed by atoms with Crippen molar-refractivity contribution in [3.63, 3.8) is 0 Å². The van der Waals surface area contributed by atoms with Crippen molar-refractivity contribution in [2.75, 3.05) is 0 Å². The van der Waals surface area contributed by atoms with Crippen LogP contribution >= 0.6 is 11.6 Å². The third-order valence-electron chi connectivity index (χ3n) is 1.94. The minimum Gasteiger partial charge on any atom is -0.166 e. The van der Waals surface area contributed by atoms with E-state index in [-0.39, 0.29) is 11.5 Å². The van der Waals surface area contributed by atoms with Gasteiger partial charge in [-0.05, 0) is 29.7 Å². The highest BCUT2D eigenvalue weighted by atomic mass is 35.5. The molecule has 14 heavy (non-hydrogen) atoms. The second-order valence-corrected chi connectivity index (χ2v) is 3.82. The molecule has 0 aromatic heterocycles. The van der Waals surface area contributed by atoms with Crippen molar-refractivity contribution >= 4 is 11.6 Å². The average molecular weight is 223 g/mol. The quantitative estimate of drug-likeness (QED) is 0.657. The molecule has 0 bridgehead atoms. The highest BCUT2D eigenvalue weighted by Crippen LogP contribution is 2.36. The summed E-state index contributed by atoms with van der Waals surface area (Å²) in [6.07, 6.45) is -4.30. The van der Waals surface area contributed by atoms with Crippen LogP contribution in [0, 0.1) is 0 Å². The van der Waals surface area contributed by atoms with Gasteiger partial charge < -0.3 is 0 Å². The molecule has 0 aliphatic heterocycles. The Morgan fingerprint density at radius 1 is 1.21 bits per heavy atom. The lowest BCUT2D eigenvalue weighted by Gasteiger charge is -2.15. The minimum absolute atomic E-state index is 0.190. The summed E-state index contributed by atoms with van der Waals surface area (Å²) in [5, 5.41) is 0.335. The van der Waals surface area contributed by atoms with Gasteiger partial charge in [0.25, 0.3) is 0 Å². The molecule has 1 rings (SSSR count). The minimum atomic E-state index is -4.30. The zero-order valence-corrected chi connectivity index (χ0v) is 8.58. The average Bonchev–Trinajstić information content (AvgIpc) is 2.01. The molecule has 0 nitrogen and oxygen atoms in total. The SMILES string of the molecule is CC(C)c1cc(Cl)ccc1C(F)(F)F. The van der Waals surface area contributed by atoms with Crippen LogP contribution in [0.25, 0.3) is 0 Å². The Labute approximate surface area is 85.7 Å². The van der Waals surface area contributed by atoms with E-state index in [1.54, 1.807) is 13.8 Å². The van der Waals surface area contributed by atoms with E-state index in [1.165, 1.54) is 12.1 Å². The van der Waals surface area contributed by atoms with Crippen molar-refractivity contribution in [2.45, 2.75) is 25.9 Å². The fourth-order valence-corrected chi connectivity index (χ4v) is 1.45. The van der Waals surface area contributed by atoms with Crippen LogP contribution in [0.2, 0.25) is 5.02 Å². The number of hydrogen-bond acceptors (Lipinski definition) is 0. The Kier molecular flexibility index (Phi) is 3.10. The van der Waals surface area contributed by atoms with Crippen molar-refractivity contribution in [1.29, 1.82) is 0 Å². The maximum Gasteiger partial charge on any atom is 0.416 e. The molecule has 0 radical (unpaired) electrons. The first-order valence-corrected chi connectivity index (χ1v) is 4.57. The Morgan fingerprint density at radius 2 is 1.79 bits per heavy atom. The second kappa shape index (κ2) is 3.81. The van der Waals surface area contributed by atoms with E-state index in [2.05, 4.69) is 0 Å². The van der Waals surface area contributed by atoms with E-state index in [0.29, 0.717) is 5.02 Å². The molecule has 1 aromatic carbocycles. The van der Waals surface area contributed by atoms with Gasteiger partial charge in [0.1, 0.15) is 0 Å². The Hall–Kier alpha value is -0.700. The number of rotatable bonds is 1. The predicted molar refractivity (Wildman–Crippen MR) is 50.5 cm³/mol. The first-order chi connectivity index (χ1) is 6.32. The van der Waals surface area contributed by atoms with Crippen molar-refractivity contribution < 1.29 is 13.2 Å². The monoisotopic (exact) mass is 222 g/mol.